The molecular formula is C12H17ClN2O. The highest BCUT2D eigenvalue weighted by atomic mass is 35.5. The molecule has 1 heterocycles. The molecule has 1 aromatic heterocycles. The van der Waals surface area contributed by atoms with Crippen molar-refractivity contribution in [2.45, 2.75) is 39.7 Å². The molecule has 0 aromatic carbocycles. The average molecular weight is 241 g/mol. The smallest absolute Gasteiger partial charge is 0.251 e. The summed E-state index contributed by atoms with van der Waals surface area (Å²) < 4.78 is 0. The topological polar surface area (TPSA) is 42.0 Å². The van der Waals surface area contributed by atoms with Crippen LogP contribution in [0.3, 0.4) is 0 Å². The molecule has 88 valence electrons. The molecule has 0 aliphatic carbocycles. The fourth-order valence-electron chi connectivity index (χ4n) is 1.28. The summed E-state index contributed by atoms with van der Waals surface area (Å²) in [5.41, 5.74) is 1.14. The van der Waals surface area contributed by atoms with Crippen molar-refractivity contribution in [2.75, 3.05) is 0 Å². The third-order valence-electron chi connectivity index (χ3n) is 1.96. The Balaban J connectivity index is 2.95. The van der Waals surface area contributed by atoms with Crippen LogP contribution in [0.4, 0.5) is 0 Å². The van der Waals surface area contributed by atoms with Crippen molar-refractivity contribution in [2.24, 2.45) is 0 Å². The Morgan fingerprint density at radius 3 is 2.56 bits per heavy atom. The van der Waals surface area contributed by atoms with Crippen molar-refractivity contribution in [3.63, 3.8) is 0 Å². The Kier molecular flexibility index (Phi) is 3.92. The number of carbonyl (C=O) groups is 1. The van der Waals surface area contributed by atoms with E-state index in [0.717, 1.165) is 12.1 Å². The van der Waals surface area contributed by atoms with Crippen molar-refractivity contribution in [3.8, 4) is 0 Å². The van der Waals surface area contributed by atoms with Crippen LogP contribution in [0.5, 0.6) is 0 Å². The van der Waals surface area contributed by atoms with Gasteiger partial charge in [0.05, 0.1) is 0 Å². The Morgan fingerprint density at radius 1 is 1.44 bits per heavy atom. The number of hydrogen-bond acceptors (Lipinski definition) is 2. The van der Waals surface area contributed by atoms with Gasteiger partial charge in [-0.2, -0.15) is 0 Å². The molecule has 0 bridgehead atoms. The predicted molar refractivity (Wildman–Crippen MR) is 65.8 cm³/mol. The molecule has 0 spiro atoms. The Morgan fingerprint density at radius 2 is 2.06 bits per heavy atom. The van der Waals surface area contributed by atoms with Crippen LogP contribution in [0, 0.1) is 0 Å². The molecule has 1 amide bonds. The Bertz CT molecular complexity index is 396. The van der Waals surface area contributed by atoms with Gasteiger partial charge in [0.15, 0.2) is 0 Å². The minimum absolute atomic E-state index is 0.119. The van der Waals surface area contributed by atoms with Gasteiger partial charge in [0.1, 0.15) is 5.15 Å². The van der Waals surface area contributed by atoms with Gasteiger partial charge in [-0.1, -0.05) is 18.5 Å². The van der Waals surface area contributed by atoms with Gasteiger partial charge >= 0.3 is 0 Å². The lowest BCUT2D eigenvalue weighted by molar-refractivity contribution is 0.0919. The van der Waals surface area contributed by atoms with Crippen molar-refractivity contribution < 1.29 is 4.79 Å². The van der Waals surface area contributed by atoms with E-state index in [4.69, 9.17) is 11.6 Å². The first-order valence-electron chi connectivity index (χ1n) is 5.31. The van der Waals surface area contributed by atoms with E-state index in [9.17, 15) is 4.79 Å². The third-order valence-corrected chi connectivity index (χ3v) is 2.15. The van der Waals surface area contributed by atoms with Gasteiger partial charge in [-0.25, -0.2) is 4.98 Å². The lowest BCUT2D eigenvalue weighted by Crippen LogP contribution is -2.40. The van der Waals surface area contributed by atoms with Crippen molar-refractivity contribution in [3.05, 3.63) is 28.5 Å². The Hall–Kier alpha value is -1.09. The third kappa shape index (κ3) is 3.81. The zero-order chi connectivity index (χ0) is 12.3. The maximum atomic E-state index is 11.9. The first kappa shape index (κ1) is 13.0. The van der Waals surface area contributed by atoms with Gasteiger partial charge in [-0.15, -0.1) is 0 Å². The number of aryl methyl sites for hydroxylation is 1. The van der Waals surface area contributed by atoms with E-state index in [1.54, 1.807) is 12.1 Å². The first-order valence-corrected chi connectivity index (χ1v) is 5.68. The number of carbonyl (C=O) groups excluding carboxylic acids is 1. The van der Waals surface area contributed by atoms with Gasteiger partial charge in [0.25, 0.3) is 5.91 Å². The standard InChI is InChI=1S/C12H17ClN2O/c1-5-9-6-8(7-10(13)14-9)11(16)15-12(2,3)4/h6-7H,5H2,1-4H3,(H,15,16). The molecule has 0 radical (unpaired) electrons. The van der Waals surface area contributed by atoms with E-state index in [0.29, 0.717) is 10.7 Å². The van der Waals surface area contributed by atoms with Gasteiger partial charge < -0.3 is 5.32 Å². The van der Waals surface area contributed by atoms with E-state index in [1.165, 1.54) is 0 Å². The lowest BCUT2D eigenvalue weighted by atomic mass is 10.1. The van der Waals surface area contributed by atoms with E-state index in [2.05, 4.69) is 10.3 Å². The van der Waals surface area contributed by atoms with E-state index in [1.807, 2.05) is 27.7 Å². The van der Waals surface area contributed by atoms with Crippen LogP contribution >= 0.6 is 11.6 Å². The zero-order valence-corrected chi connectivity index (χ0v) is 10.9. The van der Waals surface area contributed by atoms with Crippen LogP contribution in [0.1, 0.15) is 43.7 Å². The fourth-order valence-corrected chi connectivity index (χ4v) is 1.50. The largest absolute Gasteiger partial charge is 0.347 e. The predicted octanol–water partition coefficient (Wildman–Crippen LogP) is 2.83. The average Bonchev–Trinajstić information content (AvgIpc) is 2.14. The van der Waals surface area contributed by atoms with Gasteiger partial charge in [-0.3, -0.25) is 4.79 Å². The SMILES string of the molecule is CCc1cc(C(=O)NC(C)(C)C)cc(Cl)n1. The molecule has 0 fully saturated rings. The second-order valence-electron chi connectivity index (χ2n) is 4.73. The molecule has 3 nitrogen and oxygen atoms in total. The highest BCUT2D eigenvalue weighted by Crippen LogP contribution is 2.12. The number of pyridine rings is 1. The molecule has 0 saturated carbocycles. The summed E-state index contributed by atoms with van der Waals surface area (Å²) in [5, 5.41) is 3.25. The second kappa shape index (κ2) is 4.83. The van der Waals surface area contributed by atoms with Crippen LogP contribution in [0.25, 0.3) is 0 Å². The first-order chi connectivity index (χ1) is 7.31. The van der Waals surface area contributed by atoms with Crippen molar-refractivity contribution >= 4 is 17.5 Å². The van der Waals surface area contributed by atoms with E-state index < -0.39 is 0 Å². The summed E-state index contributed by atoms with van der Waals surface area (Å²) in [6.07, 6.45) is 0.760. The fraction of sp³-hybridized carbons (Fsp3) is 0.500. The number of rotatable bonds is 2. The summed E-state index contributed by atoms with van der Waals surface area (Å²) in [5.74, 6) is -0.119. The van der Waals surface area contributed by atoms with Gasteiger partial charge in [-0.05, 0) is 39.3 Å². The maximum absolute atomic E-state index is 11.9. The highest BCUT2D eigenvalue weighted by Gasteiger charge is 2.16. The molecule has 0 aliphatic rings. The summed E-state index contributed by atoms with van der Waals surface area (Å²) in [7, 11) is 0. The normalized spacial score (nSPS) is 11.3. The Labute approximate surface area is 101 Å². The van der Waals surface area contributed by atoms with Crippen LogP contribution in [-0.2, 0) is 6.42 Å². The quantitative estimate of drug-likeness (QED) is 0.808. The molecule has 1 N–H and O–H groups in total. The second-order valence-corrected chi connectivity index (χ2v) is 5.11. The molecule has 0 atom stereocenters. The molecular weight excluding hydrogens is 224 g/mol. The number of amides is 1. The number of nitrogens with one attached hydrogen (secondary N) is 1. The molecule has 0 unspecified atom stereocenters. The monoisotopic (exact) mass is 240 g/mol. The van der Waals surface area contributed by atoms with Gasteiger partial charge in [0, 0.05) is 16.8 Å². The van der Waals surface area contributed by atoms with Crippen LogP contribution in [-0.4, -0.2) is 16.4 Å². The summed E-state index contributed by atoms with van der Waals surface area (Å²) in [6, 6.07) is 3.36. The minimum Gasteiger partial charge on any atom is -0.347 e. The van der Waals surface area contributed by atoms with Crippen molar-refractivity contribution in [1.82, 2.24) is 10.3 Å². The van der Waals surface area contributed by atoms with Gasteiger partial charge in [0.2, 0.25) is 0 Å². The van der Waals surface area contributed by atoms with Crippen LogP contribution in [0.15, 0.2) is 12.1 Å². The molecule has 4 heteroatoms. The van der Waals surface area contributed by atoms with Crippen molar-refractivity contribution in [1.29, 1.82) is 0 Å². The number of halogens is 1. The van der Waals surface area contributed by atoms with Crippen LogP contribution < -0.4 is 5.32 Å². The minimum atomic E-state index is -0.251. The zero-order valence-electron chi connectivity index (χ0n) is 10.1. The number of aromatic nitrogens is 1. The number of hydrogen-bond donors (Lipinski definition) is 1. The molecule has 0 saturated heterocycles. The molecule has 0 aliphatic heterocycles. The van der Waals surface area contributed by atoms with E-state index >= 15 is 0 Å². The summed E-state index contributed by atoms with van der Waals surface area (Å²) in [4.78, 5) is 16.0. The summed E-state index contributed by atoms with van der Waals surface area (Å²) in [6.45, 7) is 7.79. The summed E-state index contributed by atoms with van der Waals surface area (Å²) >= 11 is 5.85. The molecule has 16 heavy (non-hydrogen) atoms. The van der Waals surface area contributed by atoms with E-state index in [-0.39, 0.29) is 11.4 Å². The number of nitrogens with zero attached hydrogens (tertiary/aromatic N) is 1. The van der Waals surface area contributed by atoms with Crippen LogP contribution in [0.2, 0.25) is 5.15 Å². The molecule has 1 aromatic rings. The lowest BCUT2D eigenvalue weighted by Gasteiger charge is -2.20. The maximum Gasteiger partial charge on any atom is 0.251 e. The molecule has 1 rings (SSSR count). The highest BCUT2D eigenvalue weighted by molar-refractivity contribution is 6.29.